The van der Waals surface area contributed by atoms with Gasteiger partial charge in [0.15, 0.2) is 0 Å². The van der Waals surface area contributed by atoms with Gasteiger partial charge in [-0.3, -0.25) is 0 Å². The number of benzene rings is 1. The van der Waals surface area contributed by atoms with Crippen molar-refractivity contribution in [1.82, 2.24) is 0 Å². The van der Waals surface area contributed by atoms with Gasteiger partial charge in [0.05, 0.1) is 0 Å². The van der Waals surface area contributed by atoms with E-state index in [1.807, 2.05) is 0 Å². The van der Waals surface area contributed by atoms with Gasteiger partial charge in [0.2, 0.25) is 0 Å². The maximum atomic E-state index is 2.24. The molecule has 0 N–H and O–H groups in total. The first kappa shape index (κ1) is 10.9. The molecule has 0 unspecified atom stereocenters. The van der Waals surface area contributed by atoms with Gasteiger partial charge in [-0.05, 0) is 17.0 Å². The van der Waals surface area contributed by atoms with E-state index in [2.05, 4.69) is 74.6 Å². The Morgan fingerprint density at radius 3 is 1.88 bits per heavy atom. The normalized spacial score (nSPS) is 15.7. The van der Waals surface area contributed by atoms with E-state index in [9.17, 15) is 0 Å². The Kier molecular flexibility index (Phi) is 3.40. The number of allylic oxidation sites excluding steroid dienone is 6. The molecule has 0 radical (unpaired) electrons. The minimum atomic E-state index is 0.413. The minimum Gasteiger partial charge on any atom is -0.0732 e. The molecule has 0 saturated carbocycles. The molecule has 0 aliphatic heterocycles. The van der Waals surface area contributed by atoms with Crippen molar-refractivity contribution < 1.29 is 0 Å². The lowest BCUT2D eigenvalue weighted by atomic mass is 9.95. The molecule has 0 bridgehead atoms. The van der Waals surface area contributed by atoms with Gasteiger partial charge in [0.25, 0.3) is 0 Å². The molecule has 16 heavy (non-hydrogen) atoms. The summed E-state index contributed by atoms with van der Waals surface area (Å²) >= 11 is 0. The van der Waals surface area contributed by atoms with E-state index >= 15 is 0 Å². The predicted octanol–water partition coefficient (Wildman–Crippen LogP) is 4.58. The first-order valence-corrected chi connectivity index (χ1v) is 5.89. The second kappa shape index (κ2) is 4.98. The van der Waals surface area contributed by atoms with Gasteiger partial charge in [-0.25, -0.2) is 0 Å². The van der Waals surface area contributed by atoms with Crippen LogP contribution in [0.3, 0.4) is 0 Å². The van der Waals surface area contributed by atoms with Crippen molar-refractivity contribution in [3.8, 4) is 0 Å². The highest BCUT2D eigenvalue weighted by Gasteiger charge is 2.05. The highest BCUT2D eigenvalue weighted by atomic mass is 14.1. The molecular weight excluding hydrogens is 192 g/mol. The molecule has 1 aromatic rings. The van der Waals surface area contributed by atoms with Gasteiger partial charge < -0.3 is 0 Å². The van der Waals surface area contributed by atoms with Crippen LogP contribution in [0.2, 0.25) is 0 Å². The molecule has 0 nitrogen and oxygen atoms in total. The van der Waals surface area contributed by atoms with Gasteiger partial charge in [0.1, 0.15) is 0 Å². The fraction of sp³-hybridized carbons (Fsp3) is 0.250. The summed E-state index contributed by atoms with van der Waals surface area (Å²) < 4.78 is 0. The van der Waals surface area contributed by atoms with Crippen LogP contribution in [0.4, 0.5) is 0 Å². The molecule has 0 saturated heterocycles. The lowest BCUT2D eigenvalue weighted by molar-refractivity contribution is 0.864. The molecule has 1 aromatic carbocycles. The van der Waals surface area contributed by atoms with E-state index in [1.165, 1.54) is 11.1 Å². The number of hydrogen-bond donors (Lipinski definition) is 0. The molecule has 0 spiro atoms. The maximum absolute atomic E-state index is 2.24. The fourth-order valence-electron chi connectivity index (χ4n) is 1.89. The molecule has 2 rings (SSSR count). The van der Waals surface area contributed by atoms with Gasteiger partial charge in [0, 0.05) is 5.92 Å². The molecule has 0 fully saturated rings. The van der Waals surface area contributed by atoms with Crippen molar-refractivity contribution in [2.75, 3.05) is 0 Å². The third kappa shape index (κ3) is 2.52. The first-order chi connectivity index (χ1) is 7.77. The minimum absolute atomic E-state index is 0.413. The summed E-state index contributed by atoms with van der Waals surface area (Å²) in [5.74, 6) is 1.02. The molecule has 0 heteroatoms. The van der Waals surface area contributed by atoms with Gasteiger partial charge in [-0.15, -0.1) is 0 Å². The summed E-state index contributed by atoms with van der Waals surface area (Å²) in [5, 5.41) is 0. The Labute approximate surface area is 98.0 Å². The molecule has 0 aromatic heterocycles. The molecule has 82 valence electrons. The Hall–Kier alpha value is -1.56. The summed E-state index contributed by atoms with van der Waals surface area (Å²) in [6.45, 7) is 4.45. The highest BCUT2D eigenvalue weighted by molar-refractivity contribution is 5.35. The van der Waals surface area contributed by atoms with Gasteiger partial charge in [-0.2, -0.15) is 0 Å². The lowest BCUT2D eigenvalue weighted by Gasteiger charge is -2.10. The summed E-state index contributed by atoms with van der Waals surface area (Å²) in [6, 6.07) is 8.94. The molecule has 0 heterocycles. The van der Waals surface area contributed by atoms with Crippen LogP contribution in [0.1, 0.15) is 36.8 Å². The van der Waals surface area contributed by atoms with Crippen LogP contribution in [0.25, 0.3) is 0 Å². The van der Waals surface area contributed by atoms with E-state index in [0.29, 0.717) is 11.8 Å². The first-order valence-electron chi connectivity index (χ1n) is 5.89. The van der Waals surface area contributed by atoms with Crippen LogP contribution in [-0.2, 0) is 0 Å². The zero-order valence-corrected chi connectivity index (χ0v) is 9.93. The van der Waals surface area contributed by atoms with Crippen LogP contribution in [0.5, 0.6) is 0 Å². The third-order valence-corrected chi connectivity index (χ3v) is 2.96. The van der Waals surface area contributed by atoms with E-state index in [4.69, 9.17) is 0 Å². The average molecular weight is 210 g/mol. The Morgan fingerprint density at radius 2 is 1.38 bits per heavy atom. The zero-order valence-electron chi connectivity index (χ0n) is 9.93. The Bertz CT molecular complexity index is 400. The van der Waals surface area contributed by atoms with Crippen molar-refractivity contribution in [2.24, 2.45) is 0 Å². The number of rotatable bonds is 2. The summed E-state index contributed by atoms with van der Waals surface area (Å²) in [4.78, 5) is 0. The summed E-state index contributed by atoms with van der Waals surface area (Å²) in [6.07, 6.45) is 12.8. The van der Waals surface area contributed by atoms with Crippen molar-refractivity contribution in [1.29, 1.82) is 0 Å². The second-order valence-electron chi connectivity index (χ2n) is 4.50. The molecule has 0 amide bonds. The monoisotopic (exact) mass is 210 g/mol. The quantitative estimate of drug-likeness (QED) is 0.670. The lowest BCUT2D eigenvalue weighted by Crippen LogP contribution is -1.93. The average Bonchev–Trinajstić information content (AvgIpc) is 2.57. The van der Waals surface area contributed by atoms with Crippen LogP contribution >= 0.6 is 0 Å². The van der Waals surface area contributed by atoms with E-state index < -0.39 is 0 Å². The Balaban J connectivity index is 2.21. The standard InChI is InChI=1S/C16H18/c1-13(2)14-9-11-16(12-10-14)15-7-5-3-4-6-8-15/h3-13,15H,1-2H3. The van der Waals surface area contributed by atoms with E-state index in [-0.39, 0.29) is 0 Å². The van der Waals surface area contributed by atoms with Crippen molar-refractivity contribution >= 4 is 0 Å². The fourth-order valence-corrected chi connectivity index (χ4v) is 1.89. The summed E-state index contributed by atoms with van der Waals surface area (Å²) in [5.41, 5.74) is 2.77. The van der Waals surface area contributed by atoms with Crippen LogP contribution in [-0.4, -0.2) is 0 Å². The van der Waals surface area contributed by atoms with Crippen molar-refractivity contribution in [3.05, 3.63) is 71.8 Å². The van der Waals surface area contributed by atoms with Gasteiger partial charge in [-0.1, -0.05) is 74.6 Å². The summed E-state index contributed by atoms with van der Waals surface area (Å²) in [7, 11) is 0. The molecule has 1 aliphatic rings. The topological polar surface area (TPSA) is 0 Å². The molecular formula is C16H18. The Morgan fingerprint density at radius 1 is 0.812 bits per heavy atom. The van der Waals surface area contributed by atoms with Crippen LogP contribution in [0.15, 0.2) is 60.7 Å². The largest absolute Gasteiger partial charge is 0.0732 e. The van der Waals surface area contributed by atoms with Crippen molar-refractivity contribution in [2.45, 2.75) is 25.7 Å². The SMILES string of the molecule is CC(C)c1ccc(C2C=CC=CC=C2)cc1. The highest BCUT2D eigenvalue weighted by Crippen LogP contribution is 2.23. The van der Waals surface area contributed by atoms with Gasteiger partial charge >= 0.3 is 0 Å². The second-order valence-corrected chi connectivity index (χ2v) is 4.50. The molecule has 0 atom stereocenters. The van der Waals surface area contributed by atoms with Crippen molar-refractivity contribution in [3.63, 3.8) is 0 Å². The van der Waals surface area contributed by atoms with E-state index in [0.717, 1.165) is 0 Å². The molecule has 1 aliphatic carbocycles. The zero-order chi connectivity index (χ0) is 11.4. The number of hydrogen-bond acceptors (Lipinski definition) is 0. The maximum Gasteiger partial charge on any atom is 0.0204 e. The van der Waals surface area contributed by atoms with Crippen LogP contribution < -0.4 is 0 Å². The van der Waals surface area contributed by atoms with E-state index in [1.54, 1.807) is 0 Å². The van der Waals surface area contributed by atoms with Crippen LogP contribution in [0, 0.1) is 0 Å². The third-order valence-electron chi connectivity index (χ3n) is 2.96. The smallest absolute Gasteiger partial charge is 0.0204 e. The predicted molar refractivity (Wildman–Crippen MR) is 70.7 cm³/mol.